The summed E-state index contributed by atoms with van der Waals surface area (Å²) in [4.78, 5) is 24.5. The fourth-order valence-corrected chi connectivity index (χ4v) is 5.09. The van der Waals surface area contributed by atoms with Crippen LogP contribution in [0.5, 0.6) is 0 Å². The average Bonchev–Trinajstić information content (AvgIpc) is 3.55. The molecule has 34 heavy (non-hydrogen) atoms. The second kappa shape index (κ2) is 10.3. The Morgan fingerprint density at radius 1 is 1.00 bits per heavy atom. The number of hydrogen-bond donors (Lipinski definition) is 0. The first-order chi connectivity index (χ1) is 16.3. The minimum absolute atomic E-state index is 0.0180. The standard InChI is InChI=1S/C24H25N3O6S/c1-17-4-6-19(7-5-17)24-26-25-22(33-24)12-13-23(29)32-16-21(28)18-8-10-20(11-9-18)34(30,31)27-14-2-3-15-27/h4-11H,2-3,12-16H2,1H3. The molecule has 2 aromatic carbocycles. The number of ketones is 1. The van der Waals surface area contributed by atoms with Crippen LogP contribution in [-0.4, -0.2) is 54.4 Å². The summed E-state index contributed by atoms with van der Waals surface area (Å²) in [5, 5.41) is 7.93. The van der Waals surface area contributed by atoms with E-state index in [1.807, 2.05) is 31.2 Å². The van der Waals surface area contributed by atoms with Crippen molar-refractivity contribution >= 4 is 21.8 Å². The minimum atomic E-state index is -3.54. The van der Waals surface area contributed by atoms with Crippen LogP contribution in [0, 0.1) is 6.92 Å². The first-order valence-corrected chi connectivity index (χ1v) is 12.5. The van der Waals surface area contributed by atoms with Crippen LogP contribution in [0.3, 0.4) is 0 Å². The molecule has 1 aliphatic heterocycles. The zero-order chi connectivity index (χ0) is 24.1. The maximum Gasteiger partial charge on any atom is 0.306 e. The first-order valence-electron chi connectivity index (χ1n) is 11.0. The largest absolute Gasteiger partial charge is 0.457 e. The van der Waals surface area contributed by atoms with Gasteiger partial charge in [0.15, 0.2) is 12.4 Å². The number of nitrogens with zero attached hydrogens (tertiary/aromatic N) is 3. The van der Waals surface area contributed by atoms with Crippen molar-refractivity contribution in [3.8, 4) is 11.5 Å². The van der Waals surface area contributed by atoms with Gasteiger partial charge in [0.2, 0.25) is 21.8 Å². The summed E-state index contributed by atoms with van der Waals surface area (Å²) in [6, 6.07) is 13.3. The summed E-state index contributed by atoms with van der Waals surface area (Å²) in [5.74, 6) is -0.322. The lowest BCUT2D eigenvalue weighted by molar-refractivity contribution is -0.142. The third kappa shape index (κ3) is 5.57. The molecule has 178 valence electrons. The fraction of sp³-hybridized carbons (Fsp3) is 0.333. The molecule has 9 nitrogen and oxygen atoms in total. The van der Waals surface area contributed by atoms with Crippen LogP contribution >= 0.6 is 0 Å². The molecule has 1 saturated heterocycles. The molecule has 2 heterocycles. The lowest BCUT2D eigenvalue weighted by Crippen LogP contribution is -2.27. The van der Waals surface area contributed by atoms with E-state index >= 15 is 0 Å². The monoisotopic (exact) mass is 483 g/mol. The molecule has 0 radical (unpaired) electrons. The van der Waals surface area contributed by atoms with Gasteiger partial charge in [0.25, 0.3) is 0 Å². The van der Waals surface area contributed by atoms with Gasteiger partial charge >= 0.3 is 5.97 Å². The molecule has 1 aliphatic rings. The van der Waals surface area contributed by atoms with Crippen molar-refractivity contribution in [1.29, 1.82) is 0 Å². The number of aryl methyl sites for hydroxylation is 2. The van der Waals surface area contributed by atoms with Gasteiger partial charge in [0, 0.05) is 30.6 Å². The summed E-state index contributed by atoms with van der Waals surface area (Å²) >= 11 is 0. The molecular weight excluding hydrogens is 458 g/mol. The number of Topliss-reactive ketones (excluding diaryl/α,β-unsaturated/α-hetero) is 1. The van der Waals surface area contributed by atoms with Crippen LogP contribution in [0.25, 0.3) is 11.5 Å². The van der Waals surface area contributed by atoms with Crippen LogP contribution in [0.15, 0.2) is 57.8 Å². The predicted molar refractivity (Wildman–Crippen MR) is 123 cm³/mol. The second-order valence-electron chi connectivity index (χ2n) is 8.09. The number of aromatic nitrogens is 2. The van der Waals surface area contributed by atoms with Crippen LogP contribution in [0.4, 0.5) is 0 Å². The quantitative estimate of drug-likeness (QED) is 0.336. The Labute approximate surface area is 197 Å². The van der Waals surface area contributed by atoms with E-state index in [1.165, 1.54) is 28.6 Å². The maximum atomic E-state index is 12.6. The Hall–Kier alpha value is -3.37. The number of ether oxygens (including phenoxy) is 1. The SMILES string of the molecule is Cc1ccc(-c2nnc(CCC(=O)OCC(=O)c3ccc(S(=O)(=O)N4CCCC4)cc3)o2)cc1. The van der Waals surface area contributed by atoms with E-state index in [-0.39, 0.29) is 23.3 Å². The van der Waals surface area contributed by atoms with Crippen LogP contribution in [-0.2, 0) is 26.0 Å². The van der Waals surface area contributed by atoms with E-state index in [0.29, 0.717) is 24.9 Å². The number of benzene rings is 2. The summed E-state index contributed by atoms with van der Waals surface area (Å²) in [6.45, 7) is 2.57. The molecule has 4 rings (SSSR count). The summed E-state index contributed by atoms with van der Waals surface area (Å²) in [5.41, 5.74) is 2.17. The van der Waals surface area contributed by atoms with Gasteiger partial charge < -0.3 is 9.15 Å². The zero-order valence-electron chi connectivity index (χ0n) is 18.8. The topological polar surface area (TPSA) is 120 Å². The van der Waals surface area contributed by atoms with E-state index in [1.54, 1.807) is 0 Å². The highest BCUT2D eigenvalue weighted by Gasteiger charge is 2.27. The smallest absolute Gasteiger partial charge is 0.306 e. The summed E-state index contributed by atoms with van der Waals surface area (Å²) < 4.78 is 37.2. The van der Waals surface area contributed by atoms with Crippen molar-refractivity contribution in [3.05, 3.63) is 65.5 Å². The van der Waals surface area contributed by atoms with Gasteiger partial charge in [-0.2, -0.15) is 4.31 Å². The maximum absolute atomic E-state index is 12.6. The Balaban J connectivity index is 1.25. The number of hydrogen-bond acceptors (Lipinski definition) is 8. The number of esters is 1. The van der Waals surface area contributed by atoms with Crippen LogP contribution in [0.1, 0.15) is 41.1 Å². The Morgan fingerprint density at radius 2 is 1.68 bits per heavy atom. The predicted octanol–water partition coefficient (Wildman–Crippen LogP) is 3.19. The van der Waals surface area contributed by atoms with Crippen molar-refractivity contribution < 1.29 is 27.2 Å². The number of carbonyl (C=O) groups is 2. The van der Waals surface area contributed by atoms with E-state index in [4.69, 9.17) is 9.15 Å². The van der Waals surface area contributed by atoms with Crippen molar-refractivity contribution in [2.45, 2.75) is 37.5 Å². The Bertz CT molecular complexity index is 1260. The van der Waals surface area contributed by atoms with E-state index < -0.39 is 28.4 Å². The molecule has 0 amide bonds. The highest BCUT2D eigenvalue weighted by Crippen LogP contribution is 2.21. The van der Waals surface area contributed by atoms with Crippen LogP contribution < -0.4 is 0 Å². The van der Waals surface area contributed by atoms with Crippen molar-refractivity contribution in [3.63, 3.8) is 0 Å². The molecule has 1 aromatic heterocycles. The number of rotatable bonds is 9. The molecule has 10 heteroatoms. The Morgan fingerprint density at radius 3 is 2.35 bits per heavy atom. The third-order valence-corrected chi connectivity index (χ3v) is 7.46. The van der Waals surface area contributed by atoms with Crippen molar-refractivity contribution in [2.24, 2.45) is 0 Å². The van der Waals surface area contributed by atoms with E-state index in [0.717, 1.165) is 24.0 Å². The van der Waals surface area contributed by atoms with Crippen molar-refractivity contribution in [1.82, 2.24) is 14.5 Å². The van der Waals surface area contributed by atoms with Gasteiger partial charge in [-0.3, -0.25) is 9.59 Å². The van der Waals surface area contributed by atoms with Crippen LogP contribution in [0.2, 0.25) is 0 Å². The first kappa shape index (κ1) is 23.8. The summed E-state index contributed by atoms with van der Waals surface area (Å²) in [6.07, 6.45) is 1.87. The molecule has 0 N–H and O–H groups in total. The third-order valence-electron chi connectivity index (χ3n) is 5.55. The molecule has 3 aromatic rings. The minimum Gasteiger partial charge on any atom is -0.457 e. The van der Waals surface area contributed by atoms with Gasteiger partial charge in [-0.15, -0.1) is 10.2 Å². The highest BCUT2D eigenvalue weighted by atomic mass is 32.2. The fourth-order valence-electron chi connectivity index (χ4n) is 3.57. The normalized spacial score (nSPS) is 14.3. The number of carbonyl (C=O) groups excluding carboxylic acids is 2. The number of sulfonamides is 1. The molecule has 0 bridgehead atoms. The summed E-state index contributed by atoms with van der Waals surface area (Å²) in [7, 11) is -3.54. The van der Waals surface area contributed by atoms with E-state index in [9.17, 15) is 18.0 Å². The highest BCUT2D eigenvalue weighted by molar-refractivity contribution is 7.89. The zero-order valence-corrected chi connectivity index (χ0v) is 19.6. The molecule has 0 atom stereocenters. The van der Waals surface area contributed by atoms with Gasteiger partial charge in [0.1, 0.15) is 0 Å². The molecule has 0 unspecified atom stereocenters. The van der Waals surface area contributed by atoms with Gasteiger partial charge in [-0.1, -0.05) is 17.7 Å². The molecule has 1 fully saturated rings. The average molecular weight is 484 g/mol. The van der Waals surface area contributed by atoms with Gasteiger partial charge in [-0.25, -0.2) is 8.42 Å². The van der Waals surface area contributed by atoms with E-state index in [2.05, 4.69) is 10.2 Å². The molecular formula is C24H25N3O6S. The Kier molecular flexibility index (Phi) is 7.18. The molecule has 0 aliphatic carbocycles. The van der Waals surface area contributed by atoms with Gasteiger partial charge in [0.05, 0.1) is 11.3 Å². The molecule has 0 saturated carbocycles. The van der Waals surface area contributed by atoms with Gasteiger partial charge in [-0.05, 0) is 56.2 Å². The second-order valence-corrected chi connectivity index (χ2v) is 10.0. The lowest BCUT2D eigenvalue weighted by Gasteiger charge is -2.15. The van der Waals surface area contributed by atoms with Crippen molar-refractivity contribution in [2.75, 3.05) is 19.7 Å². The molecule has 0 spiro atoms. The lowest BCUT2D eigenvalue weighted by atomic mass is 10.1.